The Labute approximate surface area is 316 Å². The van der Waals surface area contributed by atoms with Crippen LogP contribution < -0.4 is 0 Å². The van der Waals surface area contributed by atoms with E-state index in [-0.39, 0.29) is 0 Å². The molecule has 0 amide bonds. The minimum atomic E-state index is 0.621. The van der Waals surface area contributed by atoms with E-state index in [4.69, 9.17) is 15.0 Å². The standard InChI is InChI=1S/C51H35N3/c1-5-14-36(15-6-1)39-24-28-42(29-25-39)49-52-50(43-30-26-40(27-31-43)45-23-13-22-44(34-45)37-16-7-2-8-17-37)54-51(53-49)48-35-46(38-18-9-3-10-19-38)32-33-47(48)41-20-11-4-12-21-41/h1-35H. The third kappa shape index (κ3) is 6.87. The highest BCUT2D eigenvalue weighted by atomic mass is 15.0. The van der Waals surface area contributed by atoms with Gasteiger partial charge < -0.3 is 0 Å². The summed E-state index contributed by atoms with van der Waals surface area (Å²) < 4.78 is 0. The van der Waals surface area contributed by atoms with Gasteiger partial charge in [0.1, 0.15) is 0 Å². The summed E-state index contributed by atoms with van der Waals surface area (Å²) in [6.07, 6.45) is 0. The number of benzene rings is 8. The topological polar surface area (TPSA) is 38.7 Å². The Hall–Kier alpha value is -7.23. The SMILES string of the molecule is c1ccc(-c2ccc(-c3nc(-c4ccc(-c5cccc(-c6ccccc6)c5)cc4)nc(-c4cc(-c5ccccc5)ccc4-c4ccccc4)n3)cc2)cc1. The lowest BCUT2D eigenvalue weighted by Crippen LogP contribution is -2.01. The fourth-order valence-corrected chi connectivity index (χ4v) is 6.93. The zero-order chi connectivity index (χ0) is 36.1. The fraction of sp³-hybridized carbons (Fsp3) is 0. The normalized spacial score (nSPS) is 11.0. The summed E-state index contributed by atoms with van der Waals surface area (Å²) in [5, 5.41) is 0. The minimum absolute atomic E-state index is 0.621. The summed E-state index contributed by atoms with van der Waals surface area (Å²) in [5.74, 6) is 1.87. The largest absolute Gasteiger partial charge is 0.208 e. The third-order valence-corrected chi connectivity index (χ3v) is 9.78. The summed E-state index contributed by atoms with van der Waals surface area (Å²) in [6, 6.07) is 74.1. The van der Waals surface area contributed by atoms with Crippen molar-refractivity contribution in [2.24, 2.45) is 0 Å². The van der Waals surface area contributed by atoms with E-state index in [1.165, 1.54) is 16.7 Å². The van der Waals surface area contributed by atoms with Crippen LogP contribution in [0, 0.1) is 0 Å². The van der Waals surface area contributed by atoms with Crippen molar-refractivity contribution < 1.29 is 0 Å². The highest BCUT2D eigenvalue weighted by molar-refractivity contribution is 5.86. The molecule has 0 spiro atoms. The molecule has 0 aliphatic rings. The van der Waals surface area contributed by atoms with Gasteiger partial charge in [0.2, 0.25) is 0 Å². The second-order valence-corrected chi connectivity index (χ2v) is 13.3. The van der Waals surface area contributed by atoms with Crippen molar-refractivity contribution in [1.29, 1.82) is 0 Å². The van der Waals surface area contributed by atoms with E-state index in [2.05, 4.69) is 188 Å². The van der Waals surface area contributed by atoms with Crippen molar-refractivity contribution in [1.82, 2.24) is 15.0 Å². The van der Waals surface area contributed by atoms with Gasteiger partial charge in [0.15, 0.2) is 17.5 Å². The van der Waals surface area contributed by atoms with Gasteiger partial charge in [-0.15, -0.1) is 0 Å². The van der Waals surface area contributed by atoms with Crippen molar-refractivity contribution >= 4 is 0 Å². The first-order valence-corrected chi connectivity index (χ1v) is 18.2. The Bertz CT molecular complexity index is 2660. The molecule has 9 aromatic rings. The van der Waals surface area contributed by atoms with E-state index in [0.717, 1.165) is 55.6 Å². The molecule has 0 unspecified atom stereocenters. The first kappa shape index (κ1) is 32.7. The first-order valence-electron chi connectivity index (χ1n) is 18.2. The van der Waals surface area contributed by atoms with Crippen molar-refractivity contribution in [3.05, 3.63) is 212 Å². The number of hydrogen-bond donors (Lipinski definition) is 0. The summed E-state index contributed by atoms with van der Waals surface area (Å²) in [5.41, 5.74) is 14.2. The maximum atomic E-state index is 5.22. The molecule has 1 aromatic heterocycles. The maximum Gasteiger partial charge on any atom is 0.164 e. The van der Waals surface area contributed by atoms with Crippen LogP contribution in [0.4, 0.5) is 0 Å². The van der Waals surface area contributed by atoms with Gasteiger partial charge in [-0.2, -0.15) is 0 Å². The van der Waals surface area contributed by atoms with Crippen LogP contribution in [-0.2, 0) is 0 Å². The molecule has 0 saturated heterocycles. The lowest BCUT2D eigenvalue weighted by atomic mass is 9.94. The van der Waals surface area contributed by atoms with Crippen molar-refractivity contribution in [3.8, 4) is 89.8 Å². The van der Waals surface area contributed by atoms with Gasteiger partial charge in [-0.05, 0) is 67.8 Å². The molecule has 0 atom stereocenters. The van der Waals surface area contributed by atoms with Crippen molar-refractivity contribution in [2.45, 2.75) is 0 Å². The van der Waals surface area contributed by atoms with Gasteiger partial charge in [0.05, 0.1) is 0 Å². The molecule has 1 heterocycles. The second kappa shape index (κ2) is 14.8. The van der Waals surface area contributed by atoms with Gasteiger partial charge in [-0.1, -0.05) is 200 Å². The van der Waals surface area contributed by atoms with E-state index in [1.54, 1.807) is 0 Å². The van der Waals surface area contributed by atoms with Crippen LogP contribution in [0.5, 0.6) is 0 Å². The number of aromatic nitrogens is 3. The fourth-order valence-electron chi connectivity index (χ4n) is 6.93. The van der Waals surface area contributed by atoms with E-state index in [0.29, 0.717) is 17.5 Å². The molecular weight excluding hydrogens is 655 g/mol. The molecule has 254 valence electrons. The summed E-state index contributed by atoms with van der Waals surface area (Å²) in [7, 11) is 0. The minimum Gasteiger partial charge on any atom is -0.208 e. The zero-order valence-electron chi connectivity index (χ0n) is 29.5. The highest BCUT2D eigenvalue weighted by Crippen LogP contribution is 2.36. The van der Waals surface area contributed by atoms with E-state index in [1.807, 2.05) is 24.3 Å². The van der Waals surface area contributed by atoms with Gasteiger partial charge in [-0.25, -0.2) is 15.0 Å². The average Bonchev–Trinajstić information content (AvgIpc) is 3.27. The van der Waals surface area contributed by atoms with Gasteiger partial charge in [0.25, 0.3) is 0 Å². The molecule has 0 saturated carbocycles. The monoisotopic (exact) mass is 689 g/mol. The quantitative estimate of drug-likeness (QED) is 0.159. The molecule has 54 heavy (non-hydrogen) atoms. The smallest absolute Gasteiger partial charge is 0.164 e. The number of nitrogens with zero attached hydrogens (tertiary/aromatic N) is 3. The second-order valence-electron chi connectivity index (χ2n) is 13.3. The molecule has 0 fully saturated rings. The summed E-state index contributed by atoms with van der Waals surface area (Å²) >= 11 is 0. The lowest BCUT2D eigenvalue weighted by molar-refractivity contribution is 1.07. The molecular formula is C51H35N3. The Morgan fingerprint density at radius 2 is 0.500 bits per heavy atom. The van der Waals surface area contributed by atoms with Crippen molar-refractivity contribution in [3.63, 3.8) is 0 Å². The van der Waals surface area contributed by atoms with E-state index in [9.17, 15) is 0 Å². The molecule has 0 aliphatic heterocycles. The molecule has 0 N–H and O–H groups in total. The van der Waals surface area contributed by atoms with Crippen LogP contribution in [0.25, 0.3) is 89.8 Å². The molecule has 0 radical (unpaired) electrons. The lowest BCUT2D eigenvalue weighted by Gasteiger charge is -2.14. The molecule has 3 nitrogen and oxygen atoms in total. The Morgan fingerprint density at radius 1 is 0.185 bits per heavy atom. The number of hydrogen-bond acceptors (Lipinski definition) is 3. The predicted octanol–water partition coefficient (Wildman–Crippen LogP) is 13.2. The van der Waals surface area contributed by atoms with Crippen LogP contribution in [0.15, 0.2) is 212 Å². The molecule has 3 heteroatoms. The van der Waals surface area contributed by atoms with Crippen LogP contribution in [0.1, 0.15) is 0 Å². The highest BCUT2D eigenvalue weighted by Gasteiger charge is 2.17. The third-order valence-electron chi connectivity index (χ3n) is 9.78. The Kier molecular flexibility index (Phi) is 8.94. The Balaban J connectivity index is 1.17. The van der Waals surface area contributed by atoms with Gasteiger partial charge in [-0.3, -0.25) is 0 Å². The van der Waals surface area contributed by atoms with Crippen LogP contribution >= 0.6 is 0 Å². The molecule has 0 bridgehead atoms. The van der Waals surface area contributed by atoms with Gasteiger partial charge >= 0.3 is 0 Å². The zero-order valence-corrected chi connectivity index (χ0v) is 29.5. The molecule has 8 aromatic carbocycles. The van der Waals surface area contributed by atoms with Crippen LogP contribution in [-0.4, -0.2) is 15.0 Å². The Morgan fingerprint density at radius 3 is 0.981 bits per heavy atom. The number of rotatable bonds is 8. The van der Waals surface area contributed by atoms with Crippen molar-refractivity contribution in [2.75, 3.05) is 0 Å². The predicted molar refractivity (Wildman–Crippen MR) is 223 cm³/mol. The van der Waals surface area contributed by atoms with Crippen LogP contribution in [0.3, 0.4) is 0 Å². The van der Waals surface area contributed by atoms with Crippen LogP contribution in [0.2, 0.25) is 0 Å². The van der Waals surface area contributed by atoms with E-state index >= 15 is 0 Å². The van der Waals surface area contributed by atoms with Gasteiger partial charge in [0, 0.05) is 16.7 Å². The summed E-state index contributed by atoms with van der Waals surface area (Å²) in [4.78, 5) is 15.5. The molecule has 9 rings (SSSR count). The molecule has 0 aliphatic carbocycles. The first-order chi connectivity index (χ1) is 26.7. The maximum absolute atomic E-state index is 5.22. The summed E-state index contributed by atoms with van der Waals surface area (Å²) in [6.45, 7) is 0. The average molecular weight is 690 g/mol. The van der Waals surface area contributed by atoms with E-state index < -0.39 is 0 Å².